The summed E-state index contributed by atoms with van der Waals surface area (Å²) < 4.78 is 13.1. The summed E-state index contributed by atoms with van der Waals surface area (Å²) in [6.45, 7) is 2.10. The van der Waals surface area contributed by atoms with Gasteiger partial charge in [0.15, 0.2) is 0 Å². The van der Waals surface area contributed by atoms with E-state index in [0.717, 1.165) is 11.3 Å². The first-order valence-electron chi connectivity index (χ1n) is 5.87. The van der Waals surface area contributed by atoms with Gasteiger partial charge in [0.2, 0.25) is 0 Å². The summed E-state index contributed by atoms with van der Waals surface area (Å²) in [6, 6.07) is 13.8. The highest BCUT2D eigenvalue weighted by atomic mass is 32.2. The maximum atomic E-state index is 13.1. The minimum atomic E-state index is -0.777. The van der Waals surface area contributed by atoms with Gasteiger partial charge in [0.1, 0.15) is 11.9 Å². The molecule has 94 valence electrons. The van der Waals surface area contributed by atoms with Gasteiger partial charge in [-0.3, -0.25) is 0 Å². The fraction of sp³-hybridized carbons (Fsp3) is 0.200. The summed E-state index contributed by atoms with van der Waals surface area (Å²) in [6.07, 6.45) is -0.777. The third kappa shape index (κ3) is 3.12. The minimum Gasteiger partial charge on any atom is -0.384 e. The van der Waals surface area contributed by atoms with Gasteiger partial charge in [-0.1, -0.05) is 31.2 Å². The van der Waals surface area contributed by atoms with Crippen molar-refractivity contribution in [1.82, 2.24) is 0 Å². The van der Waals surface area contributed by atoms with Crippen molar-refractivity contribution in [3.05, 3.63) is 65.5 Å². The fourth-order valence-electron chi connectivity index (χ4n) is 1.78. The first kappa shape index (κ1) is 13.1. The van der Waals surface area contributed by atoms with E-state index in [-0.39, 0.29) is 5.82 Å². The Morgan fingerprint density at radius 1 is 1.11 bits per heavy atom. The summed E-state index contributed by atoms with van der Waals surface area (Å²) in [7, 11) is 0. The van der Waals surface area contributed by atoms with Gasteiger partial charge in [-0.25, -0.2) is 4.39 Å². The predicted molar refractivity (Wildman–Crippen MR) is 73.3 cm³/mol. The molecule has 0 amide bonds. The lowest BCUT2D eigenvalue weighted by Crippen LogP contribution is -1.99. The summed E-state index contributed by atoms with van der Waals surface area (Å²) >= 11 is 1.75. The number of aliphatic hydroxyl groups is 1. The molecule has 0 aliphatic rings. The van der Waals surface area contributed by atoms with Crippen LogP contribution in [-0.2, 0) is 0 Å². The van der Waals surface area contributed by atoms with Crippen LogP contribution >= 0.6 is 11.8 Å². The van der Waals surface area contributed by atoms with E-state index in [1.807, 2.05) is 24.3 Å². The van der Waals surface area contributed by atoms with E-state index in [9.17, 15) is 9.50 Å². The van der Waals surface area contributed by atoms with Crippen LogP contribution in [0.2, 0.25) is 0 Å². The lowest BCUT2D eigenvalue weighted by molar-refractivity contribution is 0.219. The second-order valence-electron chi connectivity index (χ2n) is 3.96. The van der Waals surface area contributed by atoms with Crippen LogP contribution in [0.1, 0.15) is 24.2 Å². The van der Waals surface area contributed by atoms with E-state index in [1.165, 1.54) is 17.0 Å². The molecular weight excluding hydrogens is 247 g/mol. The average Bonchev–Trinajstić information content (AvgIpc) is 2.39. The van der Waals surface area contributed by atoms with E-state index < -0.39 is 6.10 Å². The first-order chi connectivity index (χ1) is 8.70. The number of aliphatic hydroxyl groups excluding tert-OH is 1. The quantitative estimate of drug-likeness (QED) is 0.840. The molecule has 0 bridgehead atoms. The Bertz CT molecular complexity index is 510. The van der Waals surface area contributed by atoms with Crippen LogP contribution in [0, 0.1) is 5.82 Å². The topological polar surface area (TPSA) is 20.2 Å². The van der Waals surface area contributed by atoms with Crippen molar-refractivity contribution in [3.8, 4) is 0 Å². The monoisotopic (exact) mass is 262 g/mol. The molecule has 2 aromatic rings. The fourth-order valence-corrected chi connectivity index (χ4v) is 2.44. The molecule has 0 radical (unpaired) electrons. The van der Waals surface area contributed by atoms with Gasteiger partial charge in [0, 0.05) is 4.90 Å². The Balaban J connectivity index is 2.20. The van der Waals surface area contributed by atoms with Gasteiger partial charge in [-0.2, -0.15) is 0 Å². The number of hydrogen-bond acceptors (Lipinski definition) is 2. The Morgan fingerprint density at radius 2 is 1.83 bits per heavy atom. The second kappa shape index (κ2) is 6.03. The van der Waals surface area contributed by atoms with E-state index >= 15 is 0 Å². The van der Waals surface area contributed by atoms with E-state index in [1.54, 1.807) is 23.9 Å². The van der Waals surface area contributed by atoms with Crippen molar-refractivity contribution >= 4 is 11.8 Å². The molecule has 3 heteroatoms. The first-order valence-corrected chi connectivity index (χ1v) is 6.85. The van der Waals surface area contributed by atoms with Crippen molar-refractivity contribution in [3.63, 3.8) is 0 Å². The molecule has 2 rings (SSSR count). The van der Waals surface area contributed by atoms with E-state index in [2.05, 4.69) is 6.92 Å². The van der Waals surface area contributed by atoms with Crippen molar-refractivity contribution in [1.29, 1.82) is 0 Å². The molecule has 0 saturated heterocycles. The molecule has 0 aliphatic carbocycles. The molecule has 0 fully saturated rings. The van der Waals surface area contributed by atoms with Crippen molar-refractivity contribution in [2.75, 3.05) is 5.75 Å². The van der Waals surface area contributed by atoms with Crippen LogP contribution < -0.4 is 0 Å². The van der Waals surface area contributed by atoms with Crippen molar-refractivity contribution < 1.29 is 9.50 Å². The molecular formula is C15H15FOS. The van der Waals surface area contributed by atoms with Crippen LogP contribution in [0.3, 0.4) is 0 Å². The number of halogens is 1. The van der Waals surface area contributed by atoms with Crippen LogP contribution in [0.25, 0.3) is 0 Å². The maximum absolute atomic E-state index is 13.1. The third-order valence-corrected chi connectivity index (χ3v) is 3.57. The molecule has 0 saturated carbocycles. The van der Waals surface area contributed by atoms with E-state index in [4.69, 9.17) is 0 Å². The average molecular weight is 262 g/mol. The molecule has 2 aromatic carbocycles. The standard InChI is InChI=1S/C15H15FOS/c1-2-18-14-8-6-11(7-9-14)15(17)12-4-3-5-13(16)10-12/h3-10,15,17H,2H2,1H3/t15-/m1/s1. The molecule has 0 aliphatic heterocycles. The van der Waals surface area contributed by atoms with Crippen LogP contribution in [0.4, 0.5) is 4.39 Å². The largest absolute Gasteiger partial charge is 0.384 e. The summed E-state index contributed by atoms with van der Waals surface area (Å²) in [5.41, 5.74) is 1.35. The molecule has 18 heavy (non-hydrogen) atoms. The molecule has 0 heterocycles. The van der Waals surface area contributed by atoms with Crippen LogP contribution in [-0.4, -0.2) is 10.9 Å². The van der Waals surface area contributed by atoms with Gasteiger partial charge in [-0.05, 0) is 41.1 Å². The van der Waals surface area contributed by atoms with Crippen LogP contribution in [0.5, 0.6) is 0 Å². The van der Waals surface area contributed by atoms with Crippen molar-refractivity contribution in [2.45, 2.75) is 17.9 Å². The van der Waals surface area contributed by atoms with Gasteiger partial charge < -0.3 is 5.11 Å². The third-order valence-electron chi connectivity index (χ3n) is 2.67. The smallest absolute Gasteiger partial charge is 0.123 e. The molecule has 0 spiro atoms. The number of benzene rings is 2. The highest BCUT2D eigenvalue weighted by Gasteiger charge is 2.10. The van der Waals surface area contributed by atoms with Crippen LogP contribution in [0.15, 0.2) is 53.4 Å². The van der Waals surface area contributed by atoms with Gasteiger partial charge in [0.05, 0.1) is 0 Å². The SMILES string of the molecule is CCSc1ccc([C@@H](O)c2cccc(F)c2)cc1. The minimum absolute atomic E-state index is 0.329. The zero-order valence-electron chi connectivity index (χ0n) is 10.1. The van der Waals surface area contributed by atoms with Gasteiger partial charge >= 0.3 is 0 Å². The van der Waals surface area contributed by atoms with Gasteiger partial charge in [-0.15, -0.1) is 11.8 Å². The summed E-state index contributed by atoms with van der Waals surface area (Å²) in [5, 5.41) is 10.2. The predicted octanol–water partition coefficient (Wildman–Crippen LogP) is 4.02. The van der Waals surface area contributed by atoms with Crippen molar-refractivity contribution in [2.24, 2.45) is 0 Å². The van der Waals surface area contributed by atoms with E-state index in [0.29, 0.717) is 5.56 Å². The maximum Gasteiger partial charge on any atom is 0.123 e. The zero-order chi connectivity index (χ0) is 13.0. The molecule has 0 unspecified atom stereocenters. The lowest BCUT2D eigenvalue weighted by Gasteiger charge is -2.12. The zero-order valence-corrected chi connectivity index (χ0v) is 11.0. The van der Waals surface area contributed by atoms with Gasteiger partial charge in [0.25, 0.3) is 0 Å². The summed E-state index contributed by atoms with van der Waals surface area (Å²) in [5.74, 6) is 0.691. The molecule has 1 N–H and O–H groups in total. The Labute approximate surface area is 111 Å². The highest BCUT2D eigenvalue weighted by Crippen LogP contribution is 2.25. The molecule has 1 atom stereocenters. The number of thioether (sulfide) groups is 1. The summed E-state index contributed by atoms with van der Waals surface area (Å²) in [4.78, 5) is 1.17. The Morgan fingerprint density at radius 3 is 2.44 bits per heavy atom. The normalized spacial score (nSPS) is 12.4. The highest BCUT2D eigenvalue weighted by molar-refractivity contribution is 7.99. The number of rotatable bonds is 4. The molecule has 0 aromatic heterocycles. The Hall–Kier alpha value is -1.32. The Kier molecular flexibility index (Phi) is 4.39. The lowest BCUT2D eigenvalue weighted by atomic mass is 10.0. The number of hydrogen-bond donors (Lipinski definition) is 1. The molecule has 1 nitrogen and oxygen atoms in total. The second-order valence-corrected chi connectivity index (χ2v) is 5.30.